The molecule has 144 valence electrons. The van der Waals surface area contributed by atoms with E-state index in [4.69, 9.17) is 5.11 Å². The number of benzene rings is 2. The normalized spacial score (nSPS) is 11.8. The van der Waals surface area contributed by atoms with Crippen LogP contribution in [-0.2, 0) is 17.8 Å². The summed E-state index contributed by atoms with van der Waals surface area (Å²) < 4.78 is 1.54. The van der Waals surface area contributed by atoms with Crippen LogP contribution in [0.1, 0.15) is 33.4 Å². The van der Waals surface area contributed by atoms with Gasteiger partial charge in [0.1, 0.15) is 11.9 Å². The zero-order chi connectivity index (χ0) is 20.1. The number of aromatic nitrogens is 4. The molecule has 2 aromatic carbocycles. The lowest BCUT2D eigenvalue weighted by Crippen LogP contribution is -2.36. The molecule has 1 aromatic heterocycles. The highest BCUT2D eigenvalue weighted by Crippen LogP contribution is 2.18. The lowest BCUT2D eigenvalue weighted by atomic mass is 10.0. The first kappa shape index (κ1) is 19.2. The molecule has 1 atom stereocenters. The van der Waals surface area contributed by atoms with E-state index in [1.54, 1.807) is 35.7 Å². The van der Waals surface area contributed by atoms with E-state index in [9.17, 15) is 9.59 Å². The van der Waals surface area contributed by atoms with Crippen molar-refractivity contribution in [2.75, 3.05) is 7.05 Å². The number of carbonyl (C=O) groups excluding carboxylic acids is 1. The summed E-state index contributed by atoms with van der Waals surface area (Å²) in [6, 6.07) is 15.6. The first-order valence-corrected chi connectivity index (χ1v) is 8.81. The molecule has 0 saturated carbocycles. The van der Waals surface area contributed by atoms with E-state index in [2.05, 4.69) is 15.5 Å². The molecule has 0 spiro atoms. The Morgan fingerprint density at radius 2 is 1.75 bits per heavy atom. The number of hydrogen-bond donors (Lipinski definition) is 1. The number of amides is 1. The summed E-state index contributed by atoms with van der Waals surface area (Å²) in [5, 5.41) is 20.6. The Morgan fingerprint density at radius 3 is 2.32 bits per heavy atom. The van der Waals surface area contributed by atoms with E-state index in [0.717, 1.165) is 11.1 Å². The number of hydrogen-bond acceptors (Lipinski definition) is 5. The highest BCUT2D eigenvalue weighted by molar-refractivity contribution is 5.87. The predicted octanol–water partition coefficient (Wildman–Crippen LogP) is 2.12. The average Bonchev–Trinajstić information content (AvgIpc) is 3.12. The molecular weight excluding hydrogens is 358 g/mol. The first-order chi connectivity index (χ1) is 13.5. The van der Waals surface area contributed by atoms with Crippen LogP contribution >= 0.6 is 0 Å². The number of aromatic carboxylic acids is 1. The van der Waals surface area contributed by atoms with Gasteiger partial charge in [0.25, 0.3) is 0 Å². The zero-order valence-electron chi connectivity index (χ0n) is 15.7. The molecule has 3 aromatic rings. The number of carboxylic acid groups (broad SMARTS) is 1. The lowest BCUT2D eigenvalue weighted by molar-refractivity contribution is -0.134. The number of aryl methyl sites for hydroxylation is 1. The van der Waals surface area contributed by atoms with E-state index < -0.39 is 12.0 Å². The van der Waals surface area contributed by atoms with Gasteiger partial charge in [0.2, 0.25) is 5.91 Å². The Morgan fingerprint density at radius 1 is 1.07 bits per heavy atom. The third kappa shape index (κ3) is 4.40. The van der Waals surface area contributed by atoms with Crippen LogP contribution in [-0.4, -0.2) is 49.1 Å². The van der Waals surface area contributed by atoms with Crippen molar-refractivity contribution in [3.63, 3.8) is 0 Å². The van der Waals surface area contributed by atoms with Crippen LogP contribution in [0, 0.1) is 6.92 Å². The van der Waals surface area contributed by atoms with E-state index in [1.807, 2.05) is 30.3 Å². The van der Waals surface area contributed by atoms with Crippen LogP contribution in [0.3, 0.4) is 0 Å². The molecule has 0 radical (unpaired) electrons. The molecule has 1 amide bonds. The molecule has 3 rings (SSSR count). The third-order valence-corrected chi connectivity index (χ3v) is 4.51. The molecule has 0 saturated heterocycles. The molecule has 1 N–H and O–H groups in total. The summed E-state index contributed by atoms with van der Waals surface area (Å²) in [4.78, 5) is 25.8. The number of rotatable bonds is 7. The predicted molar refractivity (Wildman–Crippen MR) is 102 cm³/mol. The number of likely N-dealkylation sites (N-methyl/N-ethyl adjacent to an activating group) is 1. The van der Waals surface area contributed by atoms with Gasteiger partial charge in [-0.15, -0.1) is 5.10 Å². The minimum Gasteiger partial charge on any atom is -0.478 e. The second-order valence-corrected chi connectivity index (χ2v) is 6.57. The fourth-order valence-electron chi connectivity index (χ4n) is 3.00. The van der Waals surface area contributed by atoms with Gasteiger partial charge in [-0.05, 0) is 40.6 Å². The van der Waals surface area contributed by atoms with Crippen molar-refractivity contribution in [1.82, 2.24) is 25.1 Å². The van der Waals surface area contributed by atoms with Gasteiger partial charge < -0.3 is 10.0 Å². The zero-order valence-corrected chi connectivity index (χ0v) is 15.7. The van der Waals surface area contributed by atoms with Crippen molar-refractivity contribution in [2.24, 2.45) is 0 Å². The van der Waals surface area contributed by atoms with Crippen LogP contribution in [0.25, 0.3) is 0 Å². The summed E-state index contributed by atoms with van der Waals surface area (Å²) in [5.41, 5.74) is 2.06. The molecule has 0 bridgehead atoms. The molecule has 1 heterocycles. The van der Waals surface area contributed by atoms with Crippen molar-refractivity contribution < 1.29 is 14.7 Å². The van der Waals surface area contributed by atoms with E-state index >= 15 is 0 Å². The van der Waals surface area contributed by atoms with Gasteiger partial charge in [-0.3, -0.25) is 4.79 Å². The van der Waals surface area contributed by atoms with Crippen LogP contribution in [0.5, 0.6) is 0 Å². The minimum absolute atomic E-state index is 0.124. The van der Waals surface area contributed by atoms with Crippen LogP contribution < -0.4 is 0 Å². The van der Waals surface area contributed by atoms with Crippen molar-refractivity contribution >= 4 is 11.9 Å². The second-order valence-electron chi connectivity index (χ2n) is 6.57. The molecule has 0 aliphatic heterocycles. The highest BCUT2D eigenvalue weighted by Gasteiger charge is 2.27. The smallest absolute Gasteiger partial charge is 0.335 e. The summed E-state index contributed by atoms with van der Waals surface area (Å²) in [7, 11) is 1.71. The topological polar surface area (TPSA) is 101 Å². The molecule has 1 unspecified atom stereocenters. The Balaban J connectivity index is 1.79. The Labute approximate surface area is 162 Å². The van der Waals surface area contributed by atoms with Gasteiger partial charge in [0, 0.05) is 20.0 Å². The van der Waals surface area contributed by atoms with Gasteiger partial charge in [-0.2, -0.15) is 0 Å². The fourth-order valence-corrected chi connectivity index (χ4v) is 3.00. The standard InChI is InChI=1S/C20H21N5O3/c1-14-21-22-23-25(14)18(12-15-6-4-3-5-7-15)19(26)24(2)13-16-8-10-17(11-9-16)20(27)28/h3-11,18H,12-13H2,1-2H3,(H,27,28). The number of carboxylic acids is 1. The summed E-state index contributed by atoms with van der Waals surface area (Å²) in [6.07, 6.45) is 0.466. The first-order valence-electron chi connectivity index (χ1n) is 8.81. The Hall–Kier alpha value is -3.55. The SMILES string of the molecule is Cc1nnnn1C(Cc1ccccc1)C(=O)N(C)Cc1ccc(C(=O)O)cc1. The third-order valence-electron chi connectivity index (χ3n) is 4.51. The maximum absolute atomic E-state index is 13.2. The fraction of sp³-hybridized carbons (Fsp3) is 0.250. The molecule has 0 aliphatic carbocycles. The molecule has 0 fully saturated rings. The van der Waals surface area contributed by atoms with Crippen LogP contribution in [0.2, 0.25) is 0 Å². The summed E-state index contributed by atoms with van der Waals surface area (Å²) in [5.74, 6) is -0.539. The van der Waals surface area contributed by atoms with Crippen LogP contribution in [0.15, 0.2) is 54.6 Å². The number of nitrogens with zero attached hydrogens (tertiary/aromatic N) is 5. The average molecular weight is 379 g/mol. The van der Waals surface area contributed by atoms with Crippen molar-refractivity contribution in [1.29, 1.82) is 0 Å². The monoisotopic (exact) mass is 379 g/mol. The maximum atomic E-state index is 13.2. The van der Waals surface area contributed by atoms with Crippen molar-refractivity contribution in [3.8, 4) is 0 Å². The lowest BCUT2D eigenvalue weighted by Gasteiger charge is -2.24. The Kier molecular flexibility index (Phi) is 5.78. The van der Waals surface area contributed by atoms with Crippen LogP contribution in [0.4, 0.5) is 0 Å². The summed E-state index contributed by atoms with van der Waals surface area (Å²) in [6.45, 7) is 2.11. The largest absolute Gasteiger partial charge is 0.478 e. The molecule has 8 nitrogen and oxygen atoms in total. The summed E-state index contributed by atoms with van der Waals surface area (Å²) >= 11 is 0. The second kappa shape index (κ2) is 8.43. The number of tetrazole rings is 1. The molecule has 28 heavy (non-hydrogen) atoms. The van der Waals surface area contributed by atoms with E-state index in [-0.39, 0.29) is 11.5 Å². The van der Waals surface area contributed by atoms with Gasteiger partial charge in [-0.1, -0.05) is 42.5 Å². The quantitative estimate of drug-likeness (QED) is 0.675. The maximum Gasteiger partial charge on any atom is 0.335 e. The highest BCUT2D eigenvalue weighted by atomic mass is 16.4. The van der Waals surface area contributed by atoms with Gasteiger partial charge in [-0.25, -0.2) is 9.48 Å². The number of carbonyl (C=O) groups is 2. The van der Waals surface area contributed by atoms with Crippen molar-refractivity contribution in [2.45, 2.75) is 25.9 Å². The Bertz CT molecular complexity index is 953. The van der Waals surface area contributed by atoms with Gasteiger partial charge in [0.05, 0.1) is 5.56 Å². The molecule has 0 aliphatic rings. The van der Waals surface area contributed by atoms with Gasteiger partial charge >= 0.3 is 5.97 Å². The van der Waals surface area contributed by atoms with E-state index in [1.165, 1.54) is 12.1 Å². The molecule has 8 heteroatoms. The van der Waals surface area contributed by atoms with Gasteiger partial charge in [0.15, 0.2) is 0 Å². The minimum atomic E-state index is -0.979. The van der Waals surface area contributed by atoms with Crippen molar-refractivity contribution in [3.05, 3.63) is 77.1 Å². The van der Waals surface area contributed by atoms with E-state index in [0.29, 0.717) is 18.8 Å². The molecular formula is C20H21N5O3.